The highest BCUT2D eigenvalue weighted by atomic mass is 14.9. The maximum atomic E-state index is 4.45. The number of fused-ring (bicyclic) bond motifs is 1. The van der Waals surface area contributed by atoms with E-state index in [1.54, 1.807) is 0 Å². The van der Waals surface area contributed by atoms with Gasteiger partial charge in [-0.15, -0.1) is 0 Å². The van der Waals surface area contributed by atoms with Gasteiger partial charge in [-0.3, -0.25) is 4.98 Å². The van der Waals surface area contributed by atoms with Crippen LogP contribution in [0.5, 0.6) is 0 Å². The Morgan fingerprint density at radius 2 is 1.94 bits per heavy atom. The summed E-state index contributed by atoms with van der Waals surface area (Å²) >= 11 is 0. The van der Waals surface area contributed by atoms with Gasteiger partial charge >= 0.3 is 0 Å². The number of hydrogen-bond acceptors (Lipinski definition) is 2. The van der Waals surface area contributed by atoms with Crippen molar-refractivity contribution in [3.63, 3.8) is 0 Å². The lowest BCUT2D eigenvalue weighted by molar-refractivity contribution is 0.540. The molecule has 0 bridgehead atoms. The Bertz CT molecular complexity index is 491. The van der Waals surface area contributed by atoms with Crippen molar-refractivity contribution in [1.29, 1.82) is 0 Å². The van der Waals surface area contributed by atoms with E-state index in [1.165, 1.54) is 11.8 Å². The fraction of sp³-hybridized carbons (Fsp3) is 0.400. The van der Waals surface area contributed by atoms with Crippen LogP contribution in [0.3, 0.4) is 0 Å². The number of rotatable bonds is 4. The predicted molar refractivity (Wildman–Crippen MR) is 74.3 cm³/mol. The summed E-state index contributed by atoms with van der Waals surface area (Å²) in [5.41, 5.74) is 2.16. The molecule has 2 heteroatoms. The van der Waals surface area contributed by atoms with Gasteiger partial charge in [0, 0.05) is 11.4 Å². The van der Waals surface area contributed by atoms with Crippen molar-refractivity contribution in [2.45, 2.75) is 33.2 Å². The molecule has 1 aromatic carbocycles. The Morgan fingerprint density at radius 1 is 1.18 bits per heavy atom. The molecule has 0 amide bonds. The van der Waals surface area contributed by atoms with Gasteiger partial charge in [0.05, 0.1) is 17.4 Å². The van der Waals surface area contributed by atoms with Crippen LogP contribution in [0.25, 0.3) is 10.9 Å². The molecule has 1 heterocycles. The third-order valence-corrected chi connectivity index (χ3v) is 2.83. The van der Waals surface area contributed by atoms with Gasteiger partial charge < -0.3 is 5.32 Å². The van der Waals surface area contributed by atoms with E-state index in [9.17, 15) is 0 Å². The largest absolute Gasteiger partial charge is 0.381 e. The van der Waals surface area contributed by atoms with Gasteiger partial charge in [0.15, 0.2) is 0 Å². The molecule has 1 unspecified atom stereocenters. The van der Waals surface area contributed by atoms with Gasteiger partial charge in [-0.25, -0.2) is 0 Å². The highest BCUT2D eigenvalue weighted by Crippen LogP contribution is 2.18. The summed E-state index contributed by atoms with van der Waals surface area (Å²) in [4.78, 5) is 4.45. The van der Waals surface area contributed by atoms with E-state index in [1.807, 2.05) is 24.4 Å². The van der Waals surface area contributed by atoms with Crippen LogP contribution in [0.2, 0.25) is 0 Å². The molecule has 2 aromatic rings. The van der Waals surface area contributed by atoms with Crippen molar-refractivity contribution in [2.24, 2.45) is 5.92 Å². The van der Waals surface area contributed by atoms with Crippen molar-refractivity contribution < 1.29 is 0 Å². The molecule has 0 saturated heterocycles. The number of pyridine rings is 1. The lowest BCUT2D eigenvalue weighted by Crippen LogP contribution is -2.17. The van der Waals surface area contributed by atoms with E-state index in [-0.39, 0.29) is 0 Å². The molecule has 0 saturated carbocycles. The van der Waals surface area contributed by atoms with Gasteiger partial charge in [0.1, 0.15) is 0 Å². The minimum Gasteiger partial charge on any atom is -0.381 e. The summed E-state index contributed by atoms with van der Waals surface area (Å²) in [6.45, 7) is 6.71. The zero-order valence-electron chi connectivity index (χ0n) is 10.8. The lowest BCUT2D eigenvalue weighted by atomic mass is 10.1. The molecule has 0 spiro atoms. The second kappa shape index (κ2) is 5.17. The number of aromatic nitrogens is 1. The van der Waals surface area contributed by atoms with E-state index in [0.717, 1.165) is 11.2 Å². The van der Waals surface area contributed by atoms with Crippen LogP contribution in [-0.4, -0.2) is 11.0 Å². The quantitative estimate of drug-likeness (QED) is 0.852. The van der Waals surface area contributed by atoms with Gasteiger partial charge in [-0.05, 0) is 31.4 Å². The molecule has 2 nitrogen and oxygen atoms in total. The normalized spacial score (nSPS) is 12.9. The number of para-hydroxylation sites is 1. The first-order valence-electron chi connectivity index (χ1n) is 6.26. The summed E-state index contributed by atoms with van der Waals surface area (Å²) < 4.78 is 0. The van der Waals surface area contributed by atoms with Crippen LogP contribution in [0.15, 0.2) is 36.5 Å². The van der Waals surface area contributed by atoms with Gasteiger partial charge in [-0.2, -0.15) is 0 Å². The Balaban J connectivity index is 2.14. The Kier molecular flexibility index (Phi) is 3.62. The Labute approximate surface area is 103 Å². The highest BCUT2D eigenvalue weighted by molar-refractivity contribution is 5.81. The summed E-state index contributed by atoms with van der Waals surface area (Å²) in [6, 6.07) is 10.9. The fourth-order valence-electron chi connectivity index (χ4n) is 2.20. The van der Waals surface area contributed by atoms with Crippen LogP contribution in [0, 0.1) is 5.92 Å². The van der Waals surface area contributed by atoms with E-state index < -0.39 is 0 Å². The summed E-state index contributed by atoms with van der Waals surface area (Å²) in [7, 11) is 0. The molecular formula is C15H20N2. The first-order chi connectivity index (χ1) is 8.15. The monoisotopic (exact) mass is 228 g/mol. The molecule has 17 heavy (non-hydrogen) atoms. The molecule has 0 fully saturated rings. The summed E-state index contributed by atoms with van der Waals surface area (Å²) in [5, 5.41) is 4.69. The van der Waals surface area contributed by atoms with Gasteiger partial charge in [0.25, 0.3) is 0 Å². The van der Waals surface area contributed by atoms with Gasteiger partial charge in [0.2, 0.25) is 0 Å². The van der Waals surface area contributed by atoms with Crippen molar-refractivity contribution in [1.82, 2.24) is 4.98 Å². The van der Waals surface area contributed by atoms with Crippen LogP contribution < -0.4 is 5.32 Å². The second-order valence-corrected chi connectivity index (χ2v) is 5.09. The summed E-state index contributed by atoms with van der Waals surface area (Å²) in [6.07, 6.45) is 3.09. The second-order valence-electron chi connectivity index (χ2n) is 5.09. The average Bonchev–Trinajstić information content (AvgIpc) is 2.27. The van der Waals surface area contributed by atoms with E-state index in [4.69, 9.17) is 0 Å². The molecular weight excluding hydrogens is 208 g/mol. The third kappa shape index (κ3) is 3.19. The maximum Gasteiger partial charge on any atom is 0.0703 e. The minimum absolute atomic E-state index is 0.484. The van der Waals surface area contributed by atoms with E-state index in [2.05, 4.69) is 43.2 Å². The number of nitrogens with zero attached hydrogens (tertiary/aromatic N) is 1. The molecule has 1 N–H and O–H groups in total. The molecule has 0 aliphatic carbocycles. The topological polar surface area (TPSA) is 24.9 Å². The predicted octanol–water partition coefficient (Wildman–Crippen LogP) is 4.08. The molecule has 1 atom stereocenters. The SMILES string of the molecule is CC(C)CC(C)Nc1cnc2ccccc2c1. The molecule has 90 valence electrons. The fourth-order valence-corrected chi connectivity index (χ4v) is 2.20. The number of anilines is 1. The standard InChI is InChI=1S/C15H20N2/c1-11(2)8-12(3)17-14-9-13-6-4-5-7-15(13)16-10-14/h4-7,9-12,17H,8H2,1-3H3. The van der Waals surface area contributed by atoms with Gasteiger partial charge in [-0.1, -0.05) is 32.0 Å². The number of benzene rings is 1. The van der Waals surface area contributed by atoms with Crippen LogP contribution in [-0.2, 0) is 0 Å². The van der Waals surface area contributed by atoms with Crippen LogP contribution in [0.1, 0.15) is 27.2 Å². The smallest absolute Gasteiger partial charge is 0.0703 e. The Hall–Kier alpha value is -1.57. The molecule has 0 aliphatic rings. The van der Waals surface area contributed by atoms with Crippen molar-refractivity contribution in [3.05, 3.63) is 36.5 Å². The Morgan fingerprint density at radius 3 is 2.71 bits per heavy atom. The first kappa shape index (κ1) is 11.9. The minimum atomic E-state index is 0.484. The highest BCUT2D eigenvalue weighted by Gasteiger charge is 2.05. The van der Waals surface area contributed by atoms with E-state index in [0.29, 0.717) is 12.0 Å². The molecule has 1 aromatic heterocycles. The number of hydrogen-bond donors (Lipinski definition) is 1. The van der Waals surface area contributed by atoms with Crippen LogP contribution in [0.4, 0.5) is 5.69 Å². The average molecular weight is 228 g/mol. The molecule has 2 rings (SSSR count). The van der Waals surface area contributed by atoms with Crippen molar-refractivity contribution in [2.75, 3.05) is 5.32 Å². The maximum absolute atomic E-state index is 4.45. The van der Waals surface area contributed by atoms with Crippen molar-refractivity contribution in [3.8, 4) is 0 Å². The molecule has 0 radical (unpaired) electrons. The number of nitrogens with one attached hydrogen (secondary N) is 1. The zero-order valence-corrected chi connectivity index (χ0v) is 10.8. The molecule has 0 aliphatic heterocycles. The summed E-state index contributed by atoms with van der Waals surface area (Å²) in [5.74, 6) is 0.714. The van der Waals surface area contributed by atoms with Crippen molar-refractivity contribution >= 4 is 16.6 Å². The third-order valence-electron chi connectivity index (χ3n) is 2.83. The lowest BCUT2D eigenvalue weighted by Gasteiger charge is -2.17. The van der Waals surface area contributed by atoms with Crippen LogP contribution >= 0.6 is 0 Å². The zero-order chi connectivity index (χ0) is 12.3. The van der Waals surface area contributed by atoms with E-state index >= 15 is 0 Å². The first-order valence-corrected chi connectivity index (χ1v) is 6.26.